The Morgan fingerprint density at radius 1 is 1.14 bits per heavy atom. The van der Waals surface area contributed by atoms with Crippen LogP contribution in [0.2, 0.25) is 0 Å². The minimum Gasteiger partial charge on any atom is -0.453 e. The lowest BCUT2D eigenvalue weighted by Gasteiger charge is -2.22. The number of nitrogens with one attached hydrogen (secondary N) is 1. The summed E-state index contributed by atoms with van der Waals surface area (Å²) in [5, 5.41) is 8.40. The van der Waals surface area contributed by atoms with Crippen molar-refractivity contribution in [1.82, 2.24) is 9.78 Å². The Bertz CT molecular complexity index is 1250. The highest BCUT2D eigenvalue weighted by Gasteiger charge is 2.37. The first-order chi connectivity index (χ1) is 14.0. The first-order valence-corrected chi connectivity index (χ1v) is 9.50. The molecule has 0 radical (unpaired) electrons. The highest BCUT2D eigenvalue weighted by Crippen LogP contribution is 2.39. The third kappa shape index (κ3) is 2.84. The molecule has 1 N–H and O–H groups in total. The van der Waals surface area contributed by atoms with E-state index in [0.717, 1.165) is 27.9 Å². The molecule has 0 spiro atoms. The zero-order chi connectivity index (χ0) is 20.1. The Labute approximate surface area is 167 Å². The minimum atomic E-state index is -0.627. The van der Waals surface area contributed by atoms with Gasteiger partial charge in [-0.3, -0.25) is 9.59 Å². The second-order valence-electron chi connectivity index (χ2n) is 7.42. The number of benzene rings is 2. The number of hydrogen-bond acceptors (Lipinski definition) is 4. The van der Waals surface area contributed by atoms with Crippen LogP contribution >= 0.6 is 0 Å². The zero-order valence-corrected chi connectivity index (χ0v) is 16.1. The molecule has 1 amide bonds. The molecule has 0 saturated heterocycles. The SMILES string of the molecule is Cc1cccc(-n2nc(C)c3c2NC(=O)C[C@@H]3C(=O)c2cc3ccccc3o2)c1. The summed E-state index contributed by atoms with van der Waals surface area (Å²) in [6.07, 6.45) is 0.0726. The van der Waals surface area contributed by atoms with E-state index in [1.165, 1.54) is 0 Å². The third-order valence-corrected chi connectivity index (χ3v) is 5.33. The molecule has 29 heavy (non-hydrogen) atoms. The lowest BCUT2D eigenvalue weighted by molar-refractivity contribution is -0.116. The average molecular weight is 385 g/mol. The quantitative estimate of drug-likeness (QED) is 0.525. The summed E-state index contributed by atoms with van der Waals surface area (Å²) in [5.74, 6) is -0.221. The van der Waals surface area contributed by atoms with E-state index < -0.39 is 5.92 Å². The molecular formula is C23H19N3O3. The van der Waals surface area contributed by atoms with Crippen LogP contribution in [-0.4, -0.2) is 21.5 Å². The number of rotatable bonds is 3. The first-order valence-electron chi connectivity index (χ1n) is 9.50. The van der Waals surface area contributed by atoms with Gasteiger partial charge in [0.25, 0.3) is 0 Å². The Balaban J connectivity index is 1.62. The minimum absolute atomic E-state index is 0.0726. The molecule has 5 rings (SSSR count). The number of Topliss-reactive ketones (excluding diaryl/α,β-unsaturated/α-hetero) is 1. The van der Waals surface area contributed by atoms with Crippen LogP contribution in [0.5, 0.6) is 0 Å². The molecule has 0 aliphatic carbocycles. The second kappa shape index (κ2) is 6.44. The summed E-state index contributed by atoms with van der Waals surface area (Å²) in [4.78, 5) is 25.8. The van der Waals surface area contributed by atoms with Crippen LogP contribution < -0.4 is 5.32 Å². The fourth-order valence-electron chi connectivity index (χ4n) is 3.99. The maximum atomic E-state index is 13.3. The molecular weight excluding hydrogens is 366 g/mol. The van der Waals surface area contributed by atoms with Gasteiger partial charge in [0.15, 0.2) is 5.76 Å². The molecule has 0 fully saturated rings. The zero-order valence-electron chi connectivity index (χ0n) is 16.1. The van der Waals surface area contributed by atoms with Gasteiger partial charge in [-0.05, 0) is 43.7 Å². The van der Waals surface area contributed by atoms with E-state index >= 15 is 0 Å². The van der Waals surface area contributed by atoms with Gasteiger partial charge in [-0.1, -0.05) is 30.3 Å². The molecule has 1 atom stereocenters. The highest BCUT2D eigenvalue weighted by molar-refractivity contribution is 6.08. The number of carbonyl (C=O) groups excluding carboxylic acids is 2. The molecule has 2 aromatic heterocycles. The predicted molar refractivity (Wildman–Crippen MR) is 110 cm³/mol. The van der Waals surface area contributed by atoms with Gasteiger partial charge in [0.2, 0.25) is 11.7 Å². The van der Waals surface area contributed by atoms with Gasteiger partial charge in [0, 0.05) is 17.4 Å². The molecule has 1 aliphatic heterocycles. The summed E-state index contributed by atoms with van der Waals surface area (Å²) < 4.78 is 7.47. The summed E-state index contributed by atoms with van der Waals surface area (Å²) >= 11 is 0. The lowest BCUT2D eigenvalue weighted by Crippen LogP contribution is -2.28. The summed E-state index contributed by atoms with van der Waals surface area (Å²) in [5.41, 5.74) is 4.05. The molecule has 0 bridgehead atoms. The van der Waals surface area contributed by atoms with Crippen molar-refractivity contribution in [1.29, 1.82) is 0 Å². The fourth-order valence-corrected chi connectivity index (χ4v) is 3.99. The van der Waals surface area contributed by atoms with Crippen molar-refractivity contribution in [2.45, 2.75) is 26.2 Å². The largest absolute Gasteiger partial charge is 0.453 e. The van der Waals surface area contributed by atoms with E-state index in [0.29, 0.717) is 11.4 Å². The number of ketones is 1. The summed E-state index contributed by atoms with van der Waals surface area (Å²) in [6, 6.07) is 17.1. The molecule has 4 aromatic rings. The molecule has 144 valence electrons. The number of fused-ring (bicyclic) bond motifs is 2. The molecule has 0 saturated carbocycles. The number of furan rings is 1. The van der Waals surface area contributed by atoms with Gasteiger partial charge >= 0.3 is 0 Å². The summed E-state index contributed by atoms with van der Waals surface area (Å²) in [6.45, 7) is 3.86. The Kier molecular flexibility index (Phi) is 3.87. The van der Waals surface area contributed by atoms with E-state index in [9.17, 15) is 9.59 Å². The highest BCUT2D eigenvalue weighted by atomic mass is 16.3. The number of carbonyl (C=O) groups is 2. The van der Waals surface area contributed by atoms with E-state index in [2.05, 4.69) is 10.4 Å². The number of amides is 1. The van der Waals surface area contributed by atoms with Crippen LogP contribution in [0.1, 0.15) is 39.7 Å². The van der Waals surface area contributed by atoms with E-state index in [-0.39, 0.29) is 23.9 Å². The van der Waals surface area contributed by atoms with E-state index in [1.807, 2.05) is 62.4 Å². The van der Waals surface area contributed by atoms with Crippen LogP contribution in [0.25, 0.3) is 16.7 Å². The molecule has 1 aliphatic rings. The van der Waals surface area contributed by atoms with Crippen LogP contribution in [0.15, 0.2) is 59.0 Å². The number of aryl methyl sites for hydroxylation is 2. The predicted octanol–water partition coefficient (Wildman–Crippen LogP) is 4.54. The van der Waals surface area contributed by atoms with Crippen LogP contribution in [0.4, 0.5) is 5.82 Å². The Hall–Kier alpha value is -3.67. The van der Waals surface area contributed by atoms with Gasteiger partial charge in [-0.15, -0.1) is 0 Å². The van der Waals surface area contributed by atoms with Gasteiger partial charge in [0.05, 0.1) is 17.3 Å². The van der Waals surface area contributed by atoms with Crippen LogP contribution in [0.3, 0.4) is 0 Å². The van der Waals surface area contributed by atoms with Crippen molar-refractivity contribution in [2.24, 2.45) is 0 Å². The first kappa shape index (κ1) is 17.4. The standard InChI is InChI=1S/C23H19N3O3/c1-13-6-5-8-16(10-13)26-23-21(14(2)25-26)17(12-20(27)24-23)22(28)19-11-15-7-3-4-9-18(15)29-19/h3-11,17H,12H2,1-2H3,(H,24,27)/t17-/m0/s1. The molecule has 6 heteroatoms. The molecule has 0 unspecified atom stereocenters. The van der Waals surface area contributed by atoms with Crippen molar-refractivity contribution in [3.63, 3.8) is 0 Å². The molecule has 6 nitrogen and oxygen atoms in total. The Morgan fingerprint density at radius 3 is 2.76 bits per heavy atom. The van der Waals surface area contributed by atoms with Crippen molar-refractivity contribution >= 4 is 28.5 Å². The van der Waals surface area contributed by atoms with Crippen molar-refractivity contribution < 1.29 is 14.0 Å². The fraction of sp³-hybridized carbons (Fsp3) is 0.174. The molecule has 3 heterocycles. The van der Waals surface area contributed by atoms with E-state index in [1.54, 1.807) is 10.7 Å². The van der Waals surface area contributed by atoms with Crippen LogP contribution in [-0.2, 0) is 4.79 Å². The monoisotopic (exact) mass is 385 g/mol. The van der Waals surface area contributed by atoms with Gasteiger partial charge in [0.1, 0.15) is 11.4 Å². The number of nitrogens with zero attached hydrogens (tertiary/aromatic N) is 2. The average Bonchev–Trinajstić information content (AvgIpc) is 3.28. The van der Waals surface area contributed by atoms with E-state index in [4.69, 9.17) is 4.42 Å². The number of hydrogen-bond donors (Lipinski definition) is 1. The van der Waals surface area contributed by atoms with Crippen molar-refractivity contribution in [2.75, 3.05) is 5.32 Å². The summed E-state index contributed by atoms with van der Waals surface area (Å²) in [7, 11) is 0. The second-order valence-corrected chi connectivity index (χ2v) is 7.42. The van der Waals surface area contributed by atoms with Gasteiger partial charge in [-0.25, -0.2) is 4.68 Å². The normalized spacial score (nSPS) is 15.9. The lowest BCUT2D eigenvalue weighted by atomic mass is 9.87. The topological polar surface area (TPSA) is 77.1 Å². The maximum Gasteiger partial charge on any atom is 0.226 e. The van der Waals surface area contributed by atoms with Crippen molar-refractivity contribution in [3.05, 3.63) is 77.2 Å². The third-order valence-electron chi connectivity index (χ3n) is 5.33. The Morgan fingerprint density at radius 2 is 1.97 bits per heavy atom. The van der Waals surface area contributed by atoms with Crippen LogP contribution in [0, 0.1) is 13.8 Å². The smallest absolute Gasteiger partial charge is 0.226 e. The number of aromatic nitrogens is 2. The molecule has 2 aromatic carbocycles. The maximum absolute atomic E-state index is 13.3. The van der Waals surface area contributed by atoms with Gasteiger partial charge < -0.3 is 9.73 Å². The van der Waals surface area contributed by atoms with Gasteiger partial charge in [-0.2, -0.15) is 5.10 Å². The number of anilines is 1. The number of para-hydroxylation sites is 1. The van der Waals surface area contributed by atoms with Crippen molar-refractivity contribution in [3.8, 4) is 5.69 Å².